The highest BCUT2D eigenvalue weighted by Gasteiger charge is 2.38. The summed E-state index contributed by atoms with van der Waals surface area (Å²) in [6.07, 6.45) is 1.25. The molecule has 110 valence electrons. The van der Waals surface area contributed by atoms with Crippen molar-refractivity contribution in [2.45, 2.75) is 32.0 Å². The van der Waals surface area contributed by atoms with Gasteiger partial charge in [-0.15, -0.1) is 0 Å². The zero-order valence-corrected chi connectivity index (χ0v) is 11.9. The lowest BCUT2D eigenvalue weighted by Gasteiger charge is -2.24. The van der Waals surface area contributed by atoms with Crippen molar-refractivity contribution in [3.05, 3.63) is 35.6 Å². The predicted octanol–water partition coefficient (Wildman–Crippen LogP) is 2.07. The fourth-order valence-corrected chi connectivity index (χ4v) is 2.54. The Bertz CT molecular complexity index is 467. The van der Waals surface area contributed by atoms with Crippen LogP contribution in [0.2, 0.25) is 0 Å². The number of nitrogens with one attached hydrogen (secondary N) is 1. The van der Waals surface area contributed by atoms with E-state index >= 15 is 0 Å². The number of amides is 1. The number of hydrogen-bond acceptors (Lipinski definition) is 3. The average Bonchev–Trinajstić information content (AvgIpc) is 2.76. The Hall–Kier alpha value is -1.46. The van der Waals surface area contributed by atoms with Gasteiger partial charge in [0.2, 0.25) is 5.91 Å². The molecule has 1 heterocycles. The van der Waals surface area contributed by atoms with Crippen LogP contribution in [0.4, 0.5) is 4.39 Å². The fraction of sp³-hybridized carbons (Fsp3) is 0.533. The van der Waals surface area contributed by atoms with E-state index in [2.05, 4.69) is 5.32 Å². The van der Waals surface area contributed by atoms with E-state index in [0.29, 0.717) is 13.2 Å². The van der Waals surface area contributed by atoms with Gasteiger partial charge in [-0.25, -0.2) is 4.39 Å². The second kappa shape index (κ2) is 6.81. The first-order chi connectivity index (χ1) is 9.67. The first-order valence-electron chi connectivity index (χ1n) is 6.98. The largest absolute Gasteiger partial charge is 0.385 e. The zero-order chi connectivity index (χ0) is 14.5. The Labute approximate surface area is 118 Å². The van der Waals surface area contributed by atoms with Gasteiger partial charge >= 0.3 is 0 Å². The normalized spacial score (nSPS) is 22.6. The Kier molecular flexibility index (Phi) is 5.09. The third-order valence-electron chi connectivity index (χ3n) is 3.57. The van der Waals surface area contributed by atoms with E-state index < -0.39 is 0 Å². The molecule has 1 fully saturated rings. The molecular formula is C15H21FN2O2. The summed E-state index contributed by atoms with van der Waals surface area (Å²) in [6.45, 7) is 3.19. The molecule has 0 bridgehead atoms. The summed E-state index contributed by atoms with van der Waals surface area (Å²) in [5.74, 6) is -0.202. The van der Waals surface area contributed by atoms with E-state index in [1.165, 1.54) is 12.1 Å². The van der Waals surface area contributed by atoms with Crippen LogP contribution >= 0.6 is 0 Å². The van der Waals surface area contributed by atoms with Crippen LogP contribution in [0.3, 0.4) is 0 Å². The second-order valence-electron chi connectivity index (χ2n) is 4.96. The summed E-state index contributed by atoms with van der Waals surface area (Å²) in [7, 11) is 1.64. The molecule has 2 rings (SSSR count). The summed E-state index contributed by atoms with van der Waals surface area (Å²) in [4.78, 5) is 14.1. The molecular weight excluding hydrogens is 259 g/mol. The summed E-state index contributed by atoms with van der Waals surface area (Å²) in [5, 5.41) is 3.28. The van der Waals surface area contributed by atoms with Crippen molar-refractivity contribution in [2.75, 3.05) is 20.3 Å². The molecule has 4 nitrogen and oxygen atoms in total. The van der Waals surface area contributed by atoms with Gasteiger partial charge < -0.3 is 9.64 Å². The Morgan fingerprint density at radius 2 is 2.25 bits per heavy atom. The molecule has 2 unspecified atom stereocenters. The van der Waals surface area contributed by atoms with Crippen molar-refractivity contribution in [1.29, 1.82) is 0 Å². The van der Waals surface area contributed by atoms with Crippen LogP contribution < -0.4 is 5.32 Å². The third kappa shape index (κ3) is 3.16. The van der Waals surface area contributed by atoms with Gasteiger partial charge in [0.1, 0.15) is 12.0 Å². The molecule has 1 aliphatic rings. The van der Waals surface area contributed by atoms with Gasteiger partial charge in [0.25, 0.3) is 0 Å². The van der Waals surface area contributed by atoms with Crippen molar-refractivity contribution in [3.8, 4) is 0 Å². The van der Waals surface area contributed by atoms with Crippen LogP contribution in [0, 0.1) is 5.82 Å². The smallest absolute Gasteiger partial charge is 0.241 e. The first-order valence-corrected chi connectivity index (χ1v) is 6.98. The lowest BCUT2D eigenvalue weighted by molar-refractivity contribution is -0.130. The molecule has 1 amide bonds. The SMILES string of the molecule is CCC1NC(c2cccc(F)c2)N(CCCOC)C1=O. The standard InChI is InChI=1S/C15H21FN2O2/c1-3-13-15(19)18(8-5-9-20-2)14(17-13)11-6-4-7-12(16)10-11/h4,6-7,10,13-14,17H,3,5,8-9H2,1-2H3. The molecule has 0 aliphatic carbocycles. The Balaban J connectivity index is 2.17. The average molecular weight is 280 g/mol. The quantitative estimate of drug-likeness (QED) is 0.811. The number of nitrogens with zero attached hydrogens (tertiary/aromatic N) is 1. The molecule has 0 aromatic heterocycles. The maximum Gasteiger partial charge on any atom is 0.241 e. The molecule has 20 heavy (non-hydrogen) atoms. The van der Waals surface area contributed by atoms with E-state index in [-0.39, 0.29) is 23.9 Å². The molecule has 1 aromatic rings. The van der Waals surface area contributed by atoms with Crippen molar-refractivity contribution in [3.63, 3.8) is 0 Å². The van der Waals surface area contributed by atoms with Gasteiger partial charge in [-0.05, 0) is 30.5 Å². The minimum absolute atomic E-state index is 0.0814. The lowest BCUT2D eigenvalue weighted by Crippen LogP contribution is -2.32. The second-order valence-corrected chi connectivity index (χ2v) is 4.96. The molecule has 0 spiro atoms. The number of hydrogen-bond donors (Lipinski definition) is 1. The van der Waals surface area contributed by atoms with Crippen molar-refractivity contribution >= 4 is 5.91 Å². The van der Waals surface area contributed by atoms with E-state index in [1.54, 1.807) is 18.1 Å². The van der Waals surface area contributed by atoms with Crippen molar-refractivity contribution in [1.82, 2.24) is 10.2 Å². The lowest BCUT2D eigenvalue weighted by atomic mass is 10.1. The van der Waals surface area contributed by atoms with Crippen LogP contribution in [0.15, 0.2) is 24.3 Å². The molecule has 2 atom stereocenters. The number of halogens is 1. The van der Waals surface area contributed by atoms with E-state index in [9.17, 15) is 9.18 Å². The van der Waals surface area contributed by atoms with Gasteiger partial charge in [0.05, 0.1) is 6.04 Å². The van der Waals surface area contributed by atoms with Gasteiger partial charge in [-0.1, -0.05) is 19.1 Å². The minimum atomic E-state index is -0.284. The van der Waals surface area contributed by atoms with Crippen molar-refractivity contribution in [2.24, 2.45) is 0 Å². The number of methoxy groups -OCH3 is 1. The zero-order valence-electron chi connectivity index (χ0n) is 11.9. The van der Waals surface area contributed by atoms with Gasteiger partial charge in [-0.3, -0.25) is 10.1 Å². The van der Waals surface area contributed by atoms with Crippen LogP contribution in [0.25, 0.3) is 0 Å². The summed E-state index contributed by atoms with van der Waals surface area (Å²) < 4.78 is 18.4. The Morgan fingerprint density at radius 3 is 2.90 bits per heavy atom. The van der Waals surface area contributed by atoms with Crippen LogP contribution in [0.5, 0.6) is 0 Å². The van der Waals surface area contributed by atoms with Crippen LogP contribution in [0.1, 0.15) is 31.5 Å². The highest BCUT2D eigenvalue weighted by atomic mass is 19.1. The molecule has 1 aromatic carbocycles. The van der Waals surface area contributed by atoms with E-state index in [4.69, 9.17) is 4.74 Å². The summed E-state index contributed by atoms with van der Waals surface area (Å²) >= 11 is 0. The maximum absolute atomic E-state index is 13.4. The molecule has 1 aliphatic heterocycles. The van der Waals surface area contributed by atoms with Gasteiger partial charge in [-0.2, -0.15) is 0 Å². The number of carbonyl (C=O) groups excluding carboxylic acids is 1. The predicted molar refractivity (Wildman–Crippen MR) is 74.6 cm³/mol. The van der Waals surface area contributed by atoms with Gasteiger partial charge in [0, 0.05) is 20.3 Å². The number of ether oxygens (including phenoxy) is 1. The first kappa shape index (κ1) is 14.9. The molecule has 0 saturated carbocycles. The maximum atomic E-state index is 13.4. The number of carbonyl (C=O) groups is 1. The summed E-state index contributed by atoms with van der Waals surface area (Å²) in [5.41, 5.74) is 0.784. The van der Waals surface area contributed by atoms with Crippen LogP contribution in [-0.4, -0.2) is 37.1 Å². The van der Waals surface area contributed by atoms with E-state index in [1.807, 2.05) is 13.0 Å². The monoisotopic (exact) mass is 280 g/mol. The number of benzene rings is 1. The highest BCUT2D eigenvalue weighted by Crippen LogP contribution is 2.27. The van der Waals surface area contributed by atoms with E-state index in [0.717, 1.165) is 18.4 Å². The molecule has 1 N–H and O–H groups in total. The van der Waals surface area contributed by atoms with Gasteiger partial charge in [0.15, 0.2) is 0 Å². The van der Waals surface area contributed by atoms with Crippen LogP contribution in [-0.2, 0) is 9.53 Å². The molecule has 5 heteroatoms. The fourth-order valence-electron chi connectivity index (χ4n) is 2.54. The molecule has 0 radical (unpaired) electrons. The third-order valence-corrected chi connectivity index (χ3v) is 3.57. The highest BCUT2D eigenvalue weighted by molar-refractivity contribution is 5.84. The minimum Gasteiger partial charge on any atom is -0.385 e. The molecule has 1 saturated heterocycles. The summed E-state index contributed by atoms with van der Waals surface area (Å²) in [6, 6.07) is 6.21. The Morgan fingerprint density at radius 1 is 1.45 bits per heavy atom. The van der Waals surface area contributed by atoms with Crippen molar-refractivity contribution < 1.29 is 13.9 Å². The topological polar surface area (TPSA) is 41.6 Å². The number of rotatable bonds is 6.